The molecular formula is C14H13NaO8S2. The Morgan fingerprint density at radius 3 is 1.84 bits per heavy atom. The number of rotatable bonds is 2. The molecule has 0 saturated carbocycles. The van der Waals surface area contributed by atoms with Gasteiger partial charge in [-0.25, -0.2) is 0 Å². The SMILES string of the molecule is O=S(=O)(O)C1(O)C=Cc2cc3ccccc3cc2C1(O)S(=O)(=O)O.[NaH]. The second-order valence-electron chi connectivity index (χ2n) is 5.41. The van der Waals surface area contributed by atoms with Crippen LogP contribution in [0.3, 0.4) is 0 Å². The molecule has 0 heterocycles. The Labute approximate surface area is 165 Å². The van der Waals surface area contributed by atoms with Crippen LogP contribution >= 0.6 is 0 Å². The molecule has 1 aliphatic rings. The molecular weight excluding hydrogens is 383 g/mol. The number of fused-ring (bicyclic) bond motifs is 2. The van der Waals surface area contributed by atoms with Gasteiger partial charge in [-0.2, -0.15) is 16.8 Å². The van der Waals surface area contributed by atoms with Crippen LogP contribution in [0.5, 0.6) is 0 Å². The van der Waals surface area contributed by atoms with Gasteiger partial charge in [0.1, 0.15) is 0 Å². The molecule has 2 atom stereocenters. The summed E-state index contributed by atoms with van der Waals surface area (Å²) in [5.41, 5.74) is -0.520. The Balaban J connectivity index is 0.00000225. The molecule has 0 bridgehead atoms. The van der Waals surface area contributed by atoms with Gasteiger partial charge in [0.05, 0.1) is 0 Å². The van der Waals surface area contributed by atoms with Crippen LogP contribution in [0.15, 0.2) is 42.5 Å². The Morgan fingerprint density at radius 2 is 1.36 bits per heavy atom. The molecule has 3 rings (SSSR count). The summed E-state index contributed by atoms with van der Waals surface area (Å²) in [5.74, 6) is 0. The molecule has 0 spiro atoms. The van der Waals surface area contributed by atoms with Crippen LogP contribution in [-0.2, 0) is 25.2 Å². The zero-order valence-corrected chi connectivity index (χ0v) is 13.5. The van der Waals surface area contributed by atoms with Gasteiger partial charge in [0.2, 0.25) is 0 Å². The first-order chi connectivity index (χ1) is 10.9. The van der Waals surface area contributed by atoms with E-state index in [4.69, 9.17) is 0 Å². The number of hydrogen-bond acceptors (Lipinski definition) is 6. The zero-order valence-electron chi connectivity index (χ0n) is 11.9. The van der Waals surface area contributed by atoms with Gasteiger partial charge in [-0.05, 0) is 34.5 Å². The molecule has 0 aromatic heterocycles. The Hall–Kier alpha value is -0.820. The number of aliphatic hydroxyl groups is 2. The molecule has 0 radical (unpaired) electrons. The first kappa shape index (κ1) is 20.5. The normalized spacial score (nSPS) is 26.1. The summed E-state index contributed by atoms with van der Waals surface area (Å²) < 4.78 is 65.5. The monoisotopic (exact) mass is 396 g/mol. The third-order valence-corrected chi connectivity index (χ3v) is 6.65. The van der Waals surface area contributed by atoms with E-state index in [-0.39, 0.29) is 35.1 Å². The summed E-state index contributed by atoms with van der Waals surface area (Å²) in [6.45, 7) is 0. The maximum absolute atomic E-state index is 11.8. The van der Waals surface area contributed by atoms with Gasteiger partial charge in [-0.3, -0.25) is 9.11 Å². The van der Waals surface area contributed by atoms with Crippen LogP contribution in [-0.4, -0.2) is 70.6 Å². The fourth-order valence-corrected chi connectivity index (χ4v) is 5.01. The van der Waals surface area contributed by atoms with Gasteiger partial charge in [0.15, 0.2) is 0 Å². The zero-order chi connectivity index (χ0) is 18.0. The van der Waals surface area contributed by atoms with Crippen molar-refractivity contribution in [1.82, 2.24) is 0 Å². The van der Waals surface area contributed by atoms with Crippen molar-refractivity contribution in [3.63, 3.8) is 0 Å². The first-order valence-electron chi connectivity index (χ1n) is 6.53. The first-order valence-corrected chi connectivity index (χ1v) is 9.41. The average molecular weight is 396 g/mol. The third-order valence-electron chi connectivity index (χ3n) is 4.02. The Kier molecular flexibility index (Phi) is 5.01. The summed E-state index contributed by atoms with van der Waals surface area (Å²) in [7, 11) is -11.1. The number of hydrogen-bond donors (Lipinski definition) is 4. The second kappa shape index (κ2) is 6.12. The van der Waals surface area contributed by atoms with Crippen LogP contribution in [0.1, 0.15) is 11.1 Å². The molecule has 4 N–H and O–H groups in total. The molecule has 0 aliphatic heterocycles. The fourth-order valence-electron chi connectivity index (χ4n) is 2.78. The van der Waals surface area contributed by atoms with Crippen LogP contribution in [0.25, 0.3) is 16.8 Å². The maximum atomic E-state index is 11.8. The van der Waals surface area contributed by atoms with Crippen molar-refractivity contribution >= 4 is 66.6 Å². The van der Waals surface area contributed by atoms with Crippen molar-refractivity contribution in [2.24, 2.45) is 0 Å². The predicted molar refractivity (Wildman–Crippen MR) is 92.1 cm³/mol. The van der Waals surface area contributed by atoms with Crippen LogP contribution in [0.2, 0.25) is 0 Å². The van der Waals surface area contributed by atoms with E-state index in [1.54, 1.807) is 24.3 Å². The summed E-state index contributed by atoms with van der Waals surface area (Å²) in [4.78, 5) is -7.38. The standard InChI is InChI=1S/C14H12O8S2.Na.H/c15-13(23(17,18)19)6-5-11-7-9-3-1-2-4-10(9)8-12(11)14(13,16)24(20,21)22;;/h1-8,15-16H,(H,17,18,19)(H,20,21,22);;. The summed E-state index contributed by atoms with van der Waals surface area (Å²) in [6.07, 6.45) is 1.45. The van der Waals surface area contributed by atoms with E-state index < -0.39 is 35.7 Å². The third kappa shape index (κ3) is 2.78. The Bertz CT molecular complexity index is 1090. The summed E-state index contributed by atoms with van der Waals surface area (Å²) >= 11 is 0. The van der Waals surface area contributed by atoms with Crippen molar-refractivity contribution in [1.29, 1.82) is 0 Å². The van der Waals surface area contributed by atoms with Gasteiger partial charge >= 0.3 is 49.8 Å². The molecule has 130 valence electrons. The minimum atomic E-state index is -5.58. The fraction of sp³-hybridized carbons (Fsp3) is 0.143. The van der Waals surface area contributed by atoms with E-state index in [9.17, 15) is 36.2 Å². The van der Waals surface area contributed by atoms with Crippen molar-refractivity contribution < 1.29 is 36.2 Å². The number of benzene rings is 2. The van der Waals surface area contributed by atoms with Crippen molar-refractivity contribution in [3.8, 4) is 0 Å². The summed E-state index contributed by atoms with van der Waals surface area (Å²) in [5, 5.41) is 21.9. The van der Waals surface area contributed by atoms with Gasteiger partial charge in [-0.15, -0.1) is 0 Å². The van der Waals surface area contributed by atoms with Gasteiger partial charge in [0, 0.05) is 5.56 Å². The van der Waals surface area contributed by atoms with Crippen LogP contribution < -0.4 is 0 Å². The van der Waals surface area contributed by atoms with Gasteiger partial charge < -0.3 is 10.2 Å². The topological polar surface area (TPSA) is 149 Å². The van der Waals surface area contributed by atoms with Crippen molar-refractivity contribution in [2.75, 3.05) is 0 Å². The molecule has 1 aliphatic carbocycles. The molecule has 11 heteroatoms. The van der Waals surface area contributed by atoms with Gasteiger partial charge in [0.25, 0.3) is 9.87 Å². The van der Waals surface area contributed by atoms with Crippen LogP contribution in [0.4, 0.5) is 0 Å². The van der Waals surface area contributed by atoms with E-state index in [1.165, 1.54) is 6.07 Å². The molecule has 0 amide bonds. The molecule has 0 fully saturated rings. The Morgan fingerprint density at radius 1 is 0.840 bits per heavy atom. The molecule has 25 heavy (non-hydrogen) atoms. The molecule has 0 saturated heterocycles. The van der Waals surface area contributed by atoms with Crippen LogP contribution in [0, 0.1) is 0 Å². The summed E-state index contributed by atoms with van der Waals surface area (Å²) in [6, 6.07) is 9.16. The quantitative estimate of drug-likeness (QED) is 0.404. The molecule has 2 unspecified atom stereocenters. The van der Waals surface area contributed by atoms with Crippen molar-refractivity contribution in [3.05, 3.63) is 53.6 Å². The molecule has 8 nitrogen and oxygen atoms in total. The van der Waals surface area contributed by atoms with E-state index >= 15 is 0 Å². The average Bonchev–Trinajstić information content (AvgIpc) is 2.47. The van der Waals surface area contributed by atoms with E-state index in [1.807, 2.05) is 0 Å². The van der Waals surface area contributed by atoms with Gasteiger partial charge in [-0.1, -0.05) is 30.3 Å². The molecule has 2 aromatic carbocycles. The van der Waals surface area contributed by atoms with E-state index in [0.29, 0.717) is 16.8 Å². The van der Waals surface area contributed by atoms with Crippen molar-refractivity contribution in [2.45, 2.75) is 9.87 Å². The van der Waals surface area contributed by atoms with E-state index in [2.05, 4.69) is 0 Å². The van der Waals surface area contributed by atoms with E-state index in [0.717, 1.165) is 12.1 Å². The molecule has 2 aromatic rings. The second-order valence-corrected chi connectivity index (χ2v) is 8.52. The minimum absolute atomic E-state index is 0. The predicted octanol–water partition coefficient (Wildman–Crippen LogP) is -0.173.